The lowest BCUT2D eigenvalue weighted by Crippen LogP contribution is -2.38. The third-order valence-corrected chi connectivity index (χ3v) is 6.02. The highest BCUT2D eigenvalue weighted by Crippen LogP contribution is 2.44. The van der Waals surface area contributed by atoms with Crippen LogP contribution in [0.25, 0.3) is 0 Å². The number of nitrogens with one attached hydrogen (secondary N) is 1. The van der Waals surface area contributed by atoms with Crippen LogP contribution in [0.3, 0.4) is 0 Å². The number of hydrogen-bond acceptors (Lipinski definition) is 6. The number of carbonyl (C=O) groups excluding carboxylic acids is 2. The average molecular weight is 423 g/mol. The topological polar surface area (TPSA) is 94.1 Å². The van der Waals surface area contributed by atoms with E-state index in [-0.39, 0.29) is 35.7 Å². The Morgan fingerprint density at radius 3 is 2.23 bits per heavy atom. The molecule has 0 saturated heterocycles. The molecule has 0 radical (unpaired) electrons. The number of Topliss-reactive ketones (excluding diaryl/α,β-unsaturated/α-hetero) is 1. The Kier molecular flexibility index (Phi) is 5.59. The van der Waals surface area contributed by atoms with Crippen LogP contribution in [-0.2, 0) is 9.59 Å². The van der Waals surface area contributed by atoms with Gasteiger partial charge in [-0.1, -0.05) is 12.1 Å². The first kappa shape index (κ1) is 20.8. The SMILES string of the molecule is COc1cc([C@H]2CC(=O)NC3=C2C(=O)C[C@H](c2ccc(OC)c(OC)c2)C3)ccc1O. The van der Waals surface area contributed by atoms with Crippen LogP contribution >= 0.6 is 0 Å². The maximum absolute atomic E-state index is 13.3. The Balaban J connectivity index is 1.70. The van der Waals surface area contributed by atoms with Crippen molar-refractivity contribution in [3.8, 4) is 23.0 Å². The number of ketones is 1. The largest absolute Gasteiger partial charge is 0.504 e. The van der Waals surface area contributed by atoms with Crippen LogP contribution in [-0.4, -0.2) is 38.1 Å². The van der Waals surface area contributed by atoms with E-state index in [1.165, 1.54) is 13.2 Å². The highest BCUT2D eigenvalue weighted by atomic mass is 16.5. The predicted molar refractivity (Wildman–Crippen MR) is 114 cm³/mol. The molecule has 0 unspecified atom stereocenters. The van der Waals surface area contributed by atoms with Crippen LogP contribution in [0.4, 0.5) is 0 Å². The first-order valence-corrected chi connectivity index (χ1v) is 10.1. The number of ether oxygens (including phenoxy) is 3. The first-order valence-electron chi connectivity index (χ1n) is 10.1. The standard InChI is InChI=1S/C24H25NO6/c1-29-20-7-5-13(10-22(20)31-3)15-8-17-24(19(27)9-15)16(12-23(28)25-17)14-4-6-18(26)21(11-14)30-2/h4-7,10-11,15-16,26H,8-9,12H2,1-3H3,(H,25,28)/t15-,16-/m1/s1. The predicted octanol–water partition coefficient (Wildman–Crippen LogP) is 3.42. The van der Waals surface area contributed by atoms with Gasteiger partial charge in [0.15, 0.2) is 28.8 Å². The van der Waals surface area contributed by atoms with Crippen molar-refractivity contribution in [2.45, 2.75) is 31.1 Å². The molecule has 2 aliphatic rings. The number of hydrogen-bond donors (Lipinski definition) is 2. The fraction of sp³-hybridized carbons (Fsp3) is 0.333. The Bertz CT molecular complexity index is 1070. The summed E-state index contributed by atoms with van der Waals surface area (Å²) in [5.74, 6) is 1.02. The number of rotatable bonds is 5. The summed E-state index contributed by atoms with van der Waals surface area (Å²) in [6, 6.07) is 10.6. The van der Waals surface area contributed by atoms with Gasteiger partial charge in [0.05, 0.1) is 21.3 Å². The Morgan fingerprint density at radius 2 is 1.52 bits per heavy atom. The lowest BCUT2D eigenvalue weighted by atomic mass is 9.73. The molecular weight excluding hydrogens is 398 g/mol. The molecule has 4 rings (SSSR count). The molecule has 0 aromatic heterocycles. The normalized spacial score (nSPS) is 20.7. The van der Waals surface area contributed by atoms with E-state index in [9.17, 15) is 14.7 Å². The minimum atomic E-state index is -0.364. The van der Waals surface area contributed by atoms with Crippen LogP contribution in [0.15, 0.2) is 47.7 Å². The van der Waals surface area contributed by atoms with Gasteiger partial charge in [0.25, 0.3) is 0 Å². The molecular formula is C24H25NO6. The zero-order valence-electron chi connectivity index (χ0n) is 17.7. The molecule has 1 heterocycles. The Hall–Kier alpha value is -3.48. The summed E-state index contributed by atoms with van der Waals surface area (Å²) in [7, 11) is 4.62. The van der Waals surface area contributed by atoms with Crippen molar-refractivity contribution in [3.05, 3.63) is 58.8 Å². The van der Waals surface area contributed by atoms with Gasteiger partial charge in [-0.05, 0) is 47.7 Å². The molecule has 1 aliphatic heterocycles. The van der Waals surface area contributed by atoms with E-state index in [0.717, 1.165) is 11.1 Å². The third-order valence-electron chi connectivity index (χ3n) is 6.02. The summed E-state index contributed by atoms with van der Waals surface area (Å²) in [4.78, 5) is 25.7. The number of amides is 1. The quantitative estimate of drug-likeness (QED) is 0.765. The molecule has 2 aromatic carbocycles. The van der Waals surface area contributed by atoms with Crippen LogP contribution in [0.5, 0.6) is 23.0 Å². The molecule has 7 nitrogen and oxygen atoms in total. The minimum Gasteiger partial charge on any atom is -0.504 e. The zero-order chi connectivity index (χ0) is 22.1. The molecule has 0 bridgehead atoms. The molecule has 0 saturated carbocycles. The molecule has 0 spiro atoms. The number of carbonyl (C=O) groups is 2. The number of methoxy groups -OCH3 is 3. The summed E-state index contributed by atoms with van der Waals surface area (Å²) in [5, 5.41) is 12.8. The van der Waals surface area contributed by atoms with E-state index in [1.54, 1.807) is 26.4 Å². The van der Waals surface area contributed by atoms with Gasteiger partial charge >= 0.3 is 0 Å². The maximum atomic E-state index is 13.3. The van der Waals surface area contributed by atoms with Gasteiger partial charge in [-0.15, -0.1) is 0 Å². The van der Waals surface area contributed by atoms with Crippen molar-refractivity contribution in [1.82, 2.24) is 5.32 Å². The molecule has 2 N–H and O–H groups in total. The van der Waals surface area contributed by atoms with E-state index < -0.39 is 0 Å². The van der Waals surface area contributed by atoms with Gasteiger partial charge in [-0.3, -0.25) is 9.59 Å². The lowest BCUT2D eigenvalue weighted by Gasteiger charge is -2.34. The number of phenolic OH excluding ortho intramolecular Hbond substituents is 1. The van der Waals surface area contributed by atoms with Gasteiger partial charge in [0, 0.05) is 30.0 Å². The summed E-state index contributed by atoms with van der Waals surface area (Å²) >= 11 is 0. The van der Waals surface area contributed by atoms with Gasteiger partial charge in [-0.25, -0.2) is 0 Å². The van der Waals surface area contributed by atoms with Gasteiger partial charge in [0.1, 0.15) is 0 Å². The zero-order valence-corrected chi connectivity index (χ0v) is 17.7. The monoisotopic (exact) mass is 423 g/mol. The summed E-state index contributed by atoms with van der Waals surface area (Å²) < 4.78 is 15.9. The first-order chi connectivity index (χ1) is 14.9. The highest BCUT2D eigenvalue weighted by molar-refractivity contribution is 6.02. The van der Waals surface area contributed by atoms with Crippen molar-refractivity contribution >= 4 is 11.7 Å². The second kappa shape index (κ2) is 8.34. The van der Waals surface area contributed by atoms with Crippen LogP contribution in [0.2, 0.25) is 0 Å². The molecule has 2 aromatic rings. The van der Waals surface area contributed by atoms with Crippen molar-refractivity contribution in [3.63, 3.8) is 0 Å². The van der Waals surface area contributed by atoms with Gasteiger partial charge in [0.2, 0.25) is 5.91 Å². The van der Waals surface area contributed by atoms with Crippen molar-refractivity contribution < 1.29 is 28.9 Å². The fourth-order valence-electron chi connectivity index (χ4n) is 4.50. The number of benzene rings is 2. The second-order valence-electron chi connectivity index (χ2n) is 7.77. The molecule has 162 valence electrons. The van der Waals surface area contributed by atoms with Gasteiger partial charge < -0.3 is 24.6 Å². The van der Waals surface area contributed by atoms with Crippen molar-refractivity contribution in [2.75, 3.05) is 21.3 Å². The summed E-state index contributed by atoms with van der Waals surface area (Å²) in [6.45, 7) is 0. The van der Waals surface area contributed by atoms with Crippen molar-refractivity contribution in [1.29, 1.82) is 0 Å². The second-order valence-corrected chi connectivity index (χ2v) is 7.77. The van der Waals surface area contributed by atoms with Crippen LogP contribution < -0.4 is 19.5 Å². The van der Waals surface area contributed by atoms with E-state index >= 15 is 0 Å². The van der Waals surface area contributed by atoms with Gasteiger partial charge in [-0.2, -0.15) is 0 Å². The number of aromatic hydroxyl groups is 1. The van der Waals surface area contributed by atoms with Crippen LogP contribution in [0.1, 0.15) is 42.2 Å². The molecule has 2 atom stereocenters. The number of allylic oxidation sites excluding steroid dienone is 2. The van der Waals surface area contributed by atoms with E-state index in [2.05, 4.69) is 5.32 Å². The fourth-order valence-corrected chi connectivity index (χ4v) is 4.50. The molecule has 7 heteroatoms. The highest BCUT2D eigenvalue weighted by Gasteiger charge is 2.38. The molecule has 0 fully saturated rings. The molecule has 31 heavy (non-hydrogen) atoms. The Morgan fingerprint density at radius 1 is 0.839 bits per heavy atom. The van der Waals surface area contributed by atoms with Crippen molar-refractivity contribution in [2.24, 2.45) is 0 Å². The summed E-state index contributed by atoms with van der Waals surface area (Å²) in [6.07, 6.45) is 1.07. The third kappa shape index (κ3) is 3.83. The smallest absolute Gasteiger partial charge is 0.225 e. The minimum absolute atomic E-state index is 0.0121. The maximum Gasteiger partial charge on any atom is 0.225 e. The lowest BCUT2D eigenvalue weighted by molar-refractivity contribution is -0.122. The molecule has 1 aliphatic carbocycles. The van der Waals surface area contributed by atoms with E-state index in [4.69, 9.17) is 14.2 Å². The average Bonchev–Trinajstić information content (AvgIpc) is 2.78. The summed E-state index contributed by atoms with van der Waals surface area (Å²) in [5.41, 5.74) is 3.04. The number of phenols is 1. The van der Waals surface area contributed by atoms with Crippen LogP contribution in [0, 0.1) is 0 Å². The van der Waals surface area contributed by atoms with E-state index in [1.807, 2.05) is 18.2 Å². The van der Waals surface area contributed by atoms with E-state index in [0.29, 0.717) is 41.4 Å². The molecule has 1 amide bonds. The Labute approximate surface area is 180 Å².